The van der Waals surface area contributed by atoms with Crippen LogP contribution < -0.4 is 5.32 Å². The first-order valence-electron chi connectivity index (χ1n) is 10.5. The van der Waals surface area contributed by atoms with Crippen molar-refractivity contribution < 1.29 is 23.8 Å². The molecule has 29 heavy (non-hydrogen) atoms. The minimum atomic E-state index is -0.580. The van der Waals surface area contributed by atoms with Gasteiger partial charge in [-0.3, -0.25) is 9.69 Å². The van der Waals surface area contributed by atoms with Crippen LogP contribution >= 0.6 is 0 Å². The molecule has 1 unspecified atom stereocenters. The van der Waals surface area contributed by atoms with Crippen molar-refractivity contribution >= 4 is 12.0 Å². The van der Waals surface area contributed by atoms with E-state index in [2.05, 4.69) is 5.32 Å². The van der Waals surface area contributed by atoms with Gasteiger partial charge in [-0.05, 0) is 24.3 Å². The van der Waals surface area contributed by atoms with Crippen molar-refractivity contribution in [3.8, 4) is 0 Å². The maximum atomic E-state index is 12.8. The van der Waals surface area contributed by atoms with Gasteiger partial charge in [0.05, 0.1) is 12.6 Å². The van der Waals surface area contributed by atoms with Crippen LogP contribution in [0.1, 0.15) is 44.1 Å². The molecule has 1 N–H and O–H groups in total. The molecule has 0 bridgehead atoms. The molecule has 1 aromatic carbocycles. The number of amides is 2. The Kier molecular flexibility index (Phi) is 8.31. The fourth-order valence-electron chi connectivity index (χ4n) is 4.09. The van der Waals surface area contributed by atoms with Crippen LogP contribution in [0.15, 0.2) is 30.3 Å². The summed E-state index contributed by atoms with van der Waals surface area (Å²) in [7, 11) is 1.55. The van der Waals surface area contributed by atoms with E-state index in [4.69, 9.17) is 14.2 Å². The number of ether oxygens (including phenoxy) is 3. The summed E-state index contributed by atoms with van der Waals surface area (Å²) in [6.07, 6.45) is 5.77. The third-order valence-corrected chi connectivity index (χ3v) is 5.72. The van der Waals surface area contributed by atoms with Gasteiger partial charge in [-0.2, -0.15) is 0 Å². The molecule has 1 aliphatic carbocycles. The van der Waals surface area contributed by atoms with Gasteiger partial charge >= 0.3 is 6.09 Å². The molecule has 0 aromatic heterocycles. The Bertz CT molecular complexity index is 648. The number of carbonyl (C=O) groups excluding carboxylic acids is 2. The summed E-state index contributed by atoms with van der Waals surface area (Å²) in [4.78, 5) is 27.0. The zero-order valence-corrected chi connectivity index (χ0v) is 17.2. The minimum absolute atomic E-state index is 0.129. The van der Waals surface area contributed by atoms with Crippen molar-refractivity contribution in [1.29, 1.82) is 0 Å². The van der Waals surface area contributed by atoms with Gasteiger partial charge in [0.2, 0.25) is 5.91 Å². The molecule has 0 radical (unpaired) electrons. The predicted molar refractivity (Wildman–Crippen MR) is 108 cm³/mol. The van der Waals surface area contributed by atoms with Gasteiger partial charge in [0, 0.05) is 20.1 Å². The van der Waals surface area contributed by atoms with Crippen molar-refractivity contribution in [2.45, 2.75) is 57.3 Å². The van der Waals surface area contributed by atoms with Gasteiger partial charge in [0.15, 0.2) is 0 Å². The fraction of sp³-hybridized carbons (Fsp3) is 0.636. The van der Waals surface area contributed by atoms with Gasteiger partial charge in [-0.15, -0.1) is 0 Å². The molecule has 1 saturated heterocycles. The largest absolute Gasteiger partial charge is 0.445 e. The van der Waals surface area contributed by atoms with Crippen LogP contribution in [0.5, 0.6) is 0 Å². The third kappa shape index (κ3) is 6.44. The fourth-order valence-corrected chi connectivity index (χ4v) is 4.09. The minimum Gasteiger partial charge on any atom is -0.445 e. The number of methoxy groups -OCH3 is 1. The molecule has 1 aromatic rings. The summed E-state index contributed by atoms with van der Waals surface area (Å²) in [5, 5.41) is 3.05. The van der Waals surface area contributed by atoms with Crippen molar-refractivity contribution in [3.05, 3.63) is 35.9 Å². The van der Waals surface area contributed by atoms with E-state index in [0.29, 0.717) is 25.4 Å². The van der Waals surface area contributed by atoms with Crippen molar-refractivity contribution in [2.75, 3.05) is 27.0 Å². The molecular weight excluding hydrogens is 372 g/mol. The maximum absolute atomic E-state index is 12.8. The first kappa shape index (κ1) is 21.6. The molecule has 2 amide bonds. The summed E-state index contributed by atoms with van der Waals surface area (Å²) in [6.45, 7) is 1.30. The Balaban J connectivity index is 1.56. The van der Waals surface area contributed by atoms with E-state index in [9.17, 15) is 9.59 Å². The van der Waals surface area contributed by atoms with Gasteiger partial charge in [-0.25, -0.2) is 4.79 Å². The summed E-state index contributed by atoms with van der Waals surface area (Å²) in [5.41, 5.74) is 0.908. The second kappa shape index (κ2) is 11.2. The van der Waals surface area contributed by atoms with E-state index in [1.807, 2.05) is 30.3 Å². The first-order valence-corrected chi connectivity index (χ1v) is 10.5. The number of likely N-dealkylation sites (tertiary alicyclic amines) is 1. The average molecular weight is 405 g/mol. The first-order chi connectivity index (χ1) is 14.2. The van der Waals surface area contributed by atoms with Crippen LogP contribution in [-0.4, -0.2) is 56.0 Å². The molecular formula is C22H32N2O5. The zero-order chi connectivity index (χ0) is 20.5. The van der Waals surface area contributed by atoms with E-state index in [-0.39, 0.29) is 25.4 Å². The van der Waals surface area contributed by atoms with Gasteiger partial charge < -0.3 is 19.5 Å². The van der Waals surface area contributed by atoms with Crippen molar-refractivity contribution in [3.63, 3.8) is 0 Å². The number of rotatable bonds is 8. The van der Waals surface area contributed by atoms with Crippen LogP contribution in [0.2, 0.25) is 0 Å². The molecule has 3 rings (SSSR count). The molecule has 160 valence electrons. The SMILES string of the molecule is COCOC1C[C@@H](C(=O)NCC2CCCCC2)N(C(=O)OCc2ccccc2)C1. The second-order valence-corrected chi connectivity index (χ2v) is 7.89. The Hall–Kier alpha value is -2.12. The number of hydrogen-bond acceptors (Lipinski definition) is 5. The average Bonchev–Trinajstić information content (AvgIpc) is 3.20. The summed E-state index contributed by atoms with van der Waals surface area (Å²) >= 11 is 0. The number of hydrogen-bond donors (Lipinski definition) is 1. The molecule has 1 aliphatic heterocycles. The van der Waals surface area contributed by atoms with Crippen LogP contribution in [0.4, 0.5) is 4.79 Å². The van der Waals surface area contributed by atoms with E-state index in [1.54, 1.807) is 7.11 Å². The molecule has 7 heteroatoms. The quantitative estimate of drug-likeness (QED) is 0.674. The topological polar surface area (TPSA) is 77.1 Å². The van der Waals surface area contributed by atoms with E-state index in [0.717, 1.165) is 18.4 Å². The highest BCUT2D eigenvalue weighted by Crippen LogP contribution is 2.24. The monoisotopic (exact) mass is 404 g/mol. The Morgan fingerprint density at radius 2 is 1.90 bits per heavy atom. The maximum Gasteiger partial charge on any atom is 0.410 e. The summed E-state index contributed by atoms with van der Waals surface area (Å²) < 4.78 is 16.0. The van der Waals surface area contributed by atoms with Crippen molar-refractivity contribution in [2.24, 2.45) is 5.92 Å². The van der Waals surface area contributed by atoms with Gasteiger partial charge in [0.25, 0.3) is 0 Å². The number of nitrogens with zero attached hydrogens (tertiary/aromatic N) is 1. The number of carbonyl (C=O) groups is 2. The number of nitrogens with one attached hydrogen (secondary N) is 1. The van der Waals surface area contributed by atoms with E-state index >= 15 is 0 Å². The highest BCUT2D eigenvalue weighted by Gasteiger charge is 2.41. The molecule has 2 aliphatic rings. The zero-order valence-electron chi connectivity index (χ0n) is 17.2. The third-order valence-electron chi connectivity index (χ3n) is 5.72. The standard InChI is InChI=1S/C22H32N2O5/c1-27-16-29-19-12-20(21(25)23-13-17-8-4-2-5-9-17)24(14-19)22(26)28-15-18-10-6-3-7-11-18/h3,6-7,10-11,17,19-20H,2,4-5,8-9,12-16H2,1H3,(H,23,25)/t19?,20-/m0/s1. The molecule has 0 spiro atoms. The lowest BCUT2D eigenvalue weighted by molar-refractivity contribution is -0.125. The molecule has 1 heterocycles. The van der Waals surface area contributed by atoms with Gasteiger partial charge in [0.1, 0.15) is 19.4 Å². The van der Waals surface area contributed by atoms with E-state index < -0.39 is 12.1 Å². The molecule has 2 atom stereocenters. The lowest BCUT2D eigenvalue weighted by Crippen LogP contribution is -2.47. The number of benzene rings is 1. The van der Waals surface area contributed by atoms with Crippen LogP contribution in [0.3, 0.4) is 0 Å². The Morgan fingerprint density at radius 1 is 1.14 bits per heavy atom. The smallest absolute Gasteiger partial charge is 0.410 e. The highest BCUT2D eigenvalue weighted by atomic mass is 16.7. The molecule has 2 fully saturated rings. The normalized spacial score (nSPS) is 22.4. The van der Waals surface area contributed by atoms with E-state index in [1.165, 1.54) is 24.2 Å². The lowest BCUT2D eigenvalue weighted by atomic mass is 9.89. The lowest BCUT2D eigenvalue weighted by Gasteiger charge is -2.25. The van der Waals surface area contributed by atoms with Crippen LogP contribution in [0.25, 0.3) is 0 Å². The second-order valence-electron chi connectivity index (χ2n) is 7.89. The van der Waals surface area contributed by atoms with Crippen LogP contribution in [0, 0.1) is 5.92 Å². The Morgan fingerprint density at radius 3 is 2.62 bits per heavy atom. The summed E-state index contributed by atoms with van der Waals surface area (Å²) in [5.74, 6) is 0.406. The predicted octanol–water partition coefficient (Wildman–Crippen LogP) is 3.08. The molecule has 1 saturated carbocycles. The summed E-state index contributed by atoms with van der Waals surface area (Å²) in [6, 6.07) is 8.93. The van der Waals surface area contributed by atoms with Crippen LogP contribution in [-0.2, 0) is 25.6 Å². The Labute approximate surface area is 172 Å². The van der Waals surface area contributed by atoms with Gasteiger partial charge in [-0.1, -0.05) is 49.6 Å². The molecule has 7 nitrogen and oxygen atoms in total. The highest BCUT2D eigenvalue weighted by molar-refractivity contribution is 5.86. The van der Waals surface area contributed by atoms with Crippen molar-refractivity contribution in [1.82, 2.24) is 10.2 Å².